The van der Waals surface area contributed by atoms with Gasteiger partial charge in [-0.3, -0.25) is 9.59 Å². The first-order valence-electron chi connectivity index (χ1n) is 7.66. The third-order valence-corrected chi connectivity index (χ3v) is 3.94. The van der Waals surface area contributed by atoms with E-state index in [1.807, 2.05) is 32.0 Å². The van der Waals surface area contributed by atoms with Crippen molar-refractivity contribution in [3.63, 3.8) is 0 Å². The molecular formula is C19H21FN2O2. The maximum Gasteiger partial charge on any atom is 0.239 e. The molecule has 126 valence electrons. The molecule has 0 saturated carbocycles. The van der Waals surface area contributed by atoms with Gasteiger partial charge in [-0.2, -0.15) is 0 Å². The van der Waals surface area contributed by atoms with Crippen LogP contribution in [0.15, 0.2) is 42.5 Å². The fourth-order valence-corrected chi connectivity index (χ4v) is 2.24. The third-order valence-electron chi connectivity index (χ3n) is 3.94. The number of carbonyl (C=O) groups excluding carboxylic acids is 2. The molecule has 2 N–H and O–H groups in total. The van der Waals surface area contributed by atoms with E-state index >= 15 is 0 Å². The number of rotatable bonds is 4. The molecule has 0 aliphatic carbocycles. The first-order chi connectivity index (χ1) is 11.2. The summed E-state index contributed by atoms with van der Waals surface area (Å²) < 4.78 is 13.2. The standard InChI is InChI=1S/C19H21FN2O2/c1-12-7-5-8-13(2)16(12)22-18(24)19(3,4)17(23)21-15-10-6-9-14(20)11-15/h5-11H,1-4H3,(H,21,23)(H,22,24). The van der Waals surface area contributed by atoms with Crippen LogP contribution in [0, 0.1) is 25.1 Å². The van der Waals surface area contributed by atoms with Crippen LogP contribution >= 0.6 is 0 Å². The Balaban J connectivity index is 2.16. The zero-order chi connectivity index (χ0) is 17.9. The largest absolute Gasteiger partial charge is 0.325 e. The number of aryl methyl sites for hydroxylation is 2. The highest BCUT2D eigenvalue weighted by Gasteiger charge is 2.36. The molecule has 0 radical (unpaired) electrons. The highest BCUT2D eigenvalue weighted by atomic mass is 19.1. The van der Waals surface area contributed by atoms with Gasteiger partial charge < -0.3 is 10.6 Å². The summed E-state index contributed by atoms with van der Waals surface area (Å²) in [6.45, 7) is 6.85. The topological polar surface area (TPSA) is 58.2 Å². The van der Waals surface area contributed by atoms with Crippen molar-refractivity contribution in [1.29, 1.82) is 0 Å². The lowest BCUT2D eigenvalue weighted by molar-refractivity contribution is -0.135. The number of nitrogens with one attached hydrogen (secondary N) is 2. The summed E-state index contributed by atoms with van der Waals surface area (Å²) in [5, 5.41) is 5.40. The molecule has 0 heterocycles. The van der Waals surface area contributed by atoms with E-state index in [1.54, 1.807) is 6.07 Å². The highest BCUT2D eigenvalue weighted by Crippen LogP contribution is 2.25. The number of amides is 2. The highest BCUT2D eigenvalue weighted by molar-refractivity contribution is 6.14. The summed E-state index contributed by atoms with van der Waals surface area (Å²) in [7, 11) is 0. The molecule has 0 aliphatic heterocycles. The Labute approximate surface area is 141 Å². The first kappa shape index (κ1) is 17.7. The van der Waals surface area contributed by atoms with Crippen molar-refractivity contribution in [2.75, 3.05) is 10.6 Å². The van der Waals surface area contributed by atoms with E-state index in [9.17, 15) is 14.0 Å². The van der Waals surface area contributed by atoms with Crippen molar-refractivity contribution in [2.24, 2.45) is 5.41 Å². The number of halogens is 1. The molecule has 0 aromatic heterocycles. The minimum absolute atomic E-state index is 0.313. The fourth-order valence-electron chi connectivity index (χ4n) is 2.24. The van der Waals surface area contributed by atoms with E-state index in [0.717, 1.165) is 11.1 Å². The van der Waals surface area contributed by atoms with Crippen molar-refractivity contribution in [3.8, 4) is 0 Å². The average molecular weight is 328 g/mol. The van der Waals surface area contributed by atoms with Gasteiger partial charge in [0.05, 0.1) is 0 Å². The number of anilines is 2. The summed E-state index contributed by atoms with van der Waals surface area (Å²) in [6, 6.07) is 11.2. The molecule has 0 saturated heterocycles. The van der Waals surface area contributed by atoms with E-state index in [0.29, 0.717) is 11.4 Å². The zero-order valence-corrected chi connectivity index (χ0v) is 14.2. The van der Waals surface area contributed by atoms with Crippen LogP contribution in [0.5, 0.6) is 0 Å². The van der Waals surface area contributed by atoms with Gasteiger partial charge in [-0.15, -0.1) is 0 Å². The molecule has 2 rings (SSSR count). The maximum absolute atomic E-state index is 13.2. The molecule has 0 bridgehead atoms. The number of hydrogen-bond acceptors (Lipinski definition) is 2. The van der Waals surface area contributed by atoms with Gasteiger partial charge in [0.2, 0.25) is 11.8 Å². The summed E-state index contributed by atoms with van der Waals surface area (Å²) in [5.41, 5.74) is 1.54. The molecule has 2 aromatic carbocycles. The van der Waals surface area contributed by atoms with Gasteiger partial charge in [0.15, 0.2) is 0 Å². The van der Waals surface area contributed by atoms with Gasteiger partial charge in [0.25, 0.3) is 0 Å². The molecule has 24 heavy (non-hydrogen) atoms. The smallest absolute Gasteiger partial charge is 0.239 e. The number of para-hydroxylation sites is 1. The molecule has 0 spiro atoms. The van der Waals surface area contributed by atoms with E-state index in [1.165, 1.54) is 32.0 Å². The Bertz CT molecular complexity index is 764. The Hall–Kier alpha value is -2.69. The van der Waals surface area contributed by atoms with Gasteiger partial charge in [-0.1, -0.05) is 24.3 Å². The van der Waals surface area contributed by atoms with Crippen LogP contribution in [0.2, 0.25) is 0 Å². The second-order valence-electron chi connectivity index (χ2n) is 6.31. The normalized spacial score (nSPS) is 11.0. The van der Waals surface area contributed by atoms with Crippen LogP contribution in [0.4, 0.5) is 15.8 Å². The first-order valence-corrected chi connectivity index (χ1v) is 7.66. The van der Waals surface area contributed by atoms with E-state index < -0.39 is 23.0 Å². The van der Waals surface area contributed by atoms with Crippen LogP contribution in [0.25, 0.3) is 0 Å². The molecule has 0 unspecified atom stereocenters. The van der Waals surface area contributed by atoms with E-state index in [4.69, 9.17) is 0 Å². The number of hydrogen-bond donors (Lipinski definition) is 2. The molecule has 0 fully saturated rings. The van der Waals surface area contributed by atoms with Crippen LogP contribution in [-0.4, -0.2) is 11.8 Å². The maximum atomic E-state index is 13.2. The lowest BCUT2D eigenvalue weighted by Gasteiger charge is -2.24. The quantitative estimate of drug-likeness (QED) is 0.832. The fraction of sp³-hybridized carbons (Fsp3) is 0.263. The predicted octanol–water partition coefficient (Wildman–Crippen LogP) is 4.05. The lowest BCUT2D eigenvalue weighted by Crippen LogP contribution is -2.41. The summed E-state index contributed by atoms with van der Waals surface area (Å²) in [5.74, 6) is -1.38. The van der Waals surface area contributed by atoms with Gasteiger partial charge in [0, 0.05) is 11.4 Å². The predicted molar refractivity (Wildman–Crippen MR) is 93.4 cm³/mol. The van der Waals surface area contributed by atoms with Gasteiger partial charge >= 0.3 is 0 Å². The molecular weight excluding hydrogens is 307 g/mol. The van der Waals surface area contributed by atoms with Gasteiger partial charge in [-0.25, -0.2) is 4.39 Å². The zero-order valence-electron chi connectivity index (χ0n) is 14.2. The third kappa shape index (κ3) is 3.79. The van der Waals surface area contributed by atoms with Crippen LogP contribution in [-0.2, 0) is 9.59 Å². The van der Waals surface area contributed by atoms with Gasteiger partial charge in [0.1, 0.15) is 11.2 Å². The number of carbonyl (C=O) groups is 2. The lowest BCUT2D eigenvalue weighted by atomic mass is 9.90. The van der Waals surface area contributed by atoms with Crippen LogP contribution in [0.1, 0.15) is 25.0 Å². The van der Waals surface area contributed by atoms with Crippen LogP contribution in [0.3, 0.4) is 0 Å². The molecule has 0 aliphatic rings. The molecule has 2 aromatic rings. The van der Waals surface area contributed by atoms with Crippen molar-refractivity contribution < 1.29 is 14.0 Å². The second kappa shape index (κ2) is 6.83. The minimum atomic E-state index is -1.32. The summed E-state index contributed by atoms with van der Waals surface area (Å²) >= 11 is 0. The Kier molecular flexibility index (Phi) is 5.02. The second-order valence-corrected chi connectivity index (χ2v) is 6.31. The molecule has 5 heteroatoms. The van der Waals surface area contributed by atoms with Crippen molar-refractivity contribution in [1.82, 2.24) is 0 Å². The van der Waals surface area contributed by atoms with E-state index in [-0.39, 0.29) is 0 Å². The molecule has 2 amide bonds. The van der Waals surface area contributed by atoms with Crippen molar-refractivity contribution >= 4 is 23.2 Å². The van der Waals surface area contributed by atoms with Crippen molar-refractivity contribution in [2.45, 2.75) is 27.7 Å². The minimum Gasteiger partial charge on any atom is -0.325 e. The monoisotopic (exact) mass is 328 g/mol. The van der Waals surface area contributed by atoms with Crippen LogP contribution < -0.4 is 10.6 Å². The Morgan fingerprint density at radius 1 is 0.917 bits per heavy atom. The summed E-state index contributed by atoms with van der Waals surface area (Å²) in [6.07, 6.45) is 0. The van der Waals surface area contributed by atoms with E-state index in [2.05, 4.69) is 10.6 Å². The van der Waals surface area contributed by atoms with Crippen molar-refractivity contribution in [3.05, 3.63) is 59.4 Å². The SMILES string of the molecule is Cc1cccc(C)c1NC(=O)C(C)(C)C(=O)Nc1cccc(F)c1. The Morgan fingerprint density at radius 3 is 2.04 bits per heavy atom. The molecule has 4 nitrogen and oxygen atoms in total. The summed E-state index contributed by atoms with van der Waals surface area (Å²) in [4.78, 5) is 25.0. The Morgan fingerprint density at radius 2 is 1.46 bits per heavy atom. The van der Waals surface area contributed by atoms with Gasteiger partial charge in [-0.05, 0) is 57.0 Å². The number of benzene rings is 2. The average Bonchev–Trinajstić information content (AvgIpc) is 2.50. The molecule has 0 atom stereocenters.